The second-order valence-corrected chi connectivity index (χ2v) is 10.4. The van der Waals surface area contributed by atoms with Gasteiger partial charge in [-0.25, -0.2) is 4.79 Å². The number of hydrogen-bond acceptors (Lipinski definition) is 8. The third-order valence-corrected chi connectivity index (χ3v) is 7.26. The van der Waals surface area contributed by atoms with Gasteiger partial charge in [-0.2, -0.15) is 8.78 Å². The second kappa shape index (κ2) is 11.8. The molecule has 0 saturated carbocycles. The van der Waals surface area contributed by atoms with Gasteiger partial charge < -0.3 is 25.7 Å². The van der Waals surface area contributed by atoms with Gasteiger partial charge in [-0.1, -0.05) is 69.1 Å². The van der Waals surface area contributed by atoms with Crippen LogP contribution < -0.4 is 21.3 Å². The topological polar surface area (TPSA) is 136 Å². The van der Waals surface area contributed by atoms with Crippen LogP contribution in [0.5, 0.6) is 11.5 Å². The summed E-state index contributed by atoms with van der Waals surface area (Å²) in [5.41, 5.74) is 3.56. The Bertz CT molecular complexity index is 1400. The van der Waals surface area contributed by atoms with Crippen LogP contribution in [0.3, 0.4) is 0 Å². The third kappa shape index (κ3) is 5.59. The van der Waals surface area contributed by atoms with E-state index in [9.17, 15) is 14.7 Å². The molecule has 218 valence electrons. The molecule has 5 N–H and O–H groups in total. The van der Waals surface area contributed by atoms with Crippen LogP contribution in [-0.2, 0) is 32.1 Å². The number of aromatic hydroxyl groups is 1. The number of phenols is 1. The molecule has 0 spiro atoms. The van der Waals surface area contributed by atoms with E-state index in [-0.39, 0.29) is 35.6 Å². The van der Waals surface area contributed by atoms with Crippen molar-refractivity contribution in [1.82, 2.24) is 15.8 Å². The molecule has 9 nitrogen and oxygen atoms in total. The molecule has 2 heterocycles. The smallest absolute Gasteiger partial charge is 0.364 e. The molecule has 1 unspecified atom stereocenters. The van der Waals surface area contributed by atoms with Gasteiger partial charge in [-0.15, -0.1) is 0 Å². The van der Waals surface area contributed by atoms with Crippen molar-refractivity contribution in [3.05, 3.63) is 89.2 Å². The fourth-order valence-electron chi connectivity index (χ4n) is 4.88. The van der Waals surface area contributed by atoms with Crippen molar-refractivity contribution in [2.75, 3.05) is 0 Å². The predicted molar refractivity (Wildman–Crippen MR) is 146 cm³/mol. The first kappa shape index (κ1) is 29.9. The number of carbonyl (C=O) groups excluding carboxylic acids is 2. The van der Waals surface area contributed by atoms with Gasteiger partial charge in [0.25, 0.3) is 0 Å². The maximum absolute atomic E-state index is 16.5. The SMILES string of the molecule is CCCCC(=O)NC1(c2cc(O)cc(OCc3ccccc3)c2)c2ncccc2[C@@](N)(C(C)C)C(=O)ONC1(F)F. The summed E-state index contributed by atoms with van der Waals surface area (Å²) in [7, 11) is 0. The number of phenolic OH excluding ortho intramolecular Hbond substituents is 1. The zero-order valence-electron chi connectivity index (χ0n) is 23.1. The van der Waals surface area contributed by atoms with E-state index in [0.717, 1.165) is 11.6 Å². The van der Waals surface area contributed by atoms with Crippen LogP contribution in [0.2, 0.25) is 0 Å². The maximum atomic E-state index is 16.5. The van der Waals surface area contributed by atoms with Crippen molar-refractivity contribution in [2.24, 2.45) is 11.7 Å². The summed E-state index contributed by atoms with van der Waals surface area (Å²) in [5, 5.41) is 13.2. The number of carbonyl (C=O) groups is 2. The number of amides is 1. The van der Waals surface area contributed by atoms with Crippen LogP contribution in [0.1, 0.15) is 62.4 Å². The van der Waals surface area contributed by atoms with Crippen molar-refractivity contribution in [2.45, 2.75) is 63.8 Å². The Kier molecular flexibility index (Phi) is 8.60. The number of fused-ring (bicyclic) bond motifs is 1. The summed E-state index contributed by atoms with van der Waals surface area (Å²) in [5.74, 6) is -2.83. The summed E-state index contributed by atoms with van der Waals surface area (Å²) in [4.78, 5) is 35.6. The van der Waals surface area contributed by atoms with Crippen LogP contribution in [-0.4, -0.2) is 28.0 Å². The number of halogens is 2. The lowest BCUT2D eigenvalue weighted by Crippen LogP contribution is -2.68. The molecule has 1 aromatic heterocycles. The quantitative estimate of drug-likeness (QED) is 0.279. The molecule has 11 heteroatoms. The van der Waals surface area contributed by atoms with Crippen molar-refractivity contribution in [1.29, 1.82) is 0 Å². The summed E-state index contributed by atoms with van der Waals surface area (Å²) >= 11 is 0. The lowest BCUT2D eigenvalue weighted by Gasteiger charge is -2.45. The highest BCUT2D eigenvalue weighted by Gasteiger charge is 2.64. The number of hydroxylamine groups is 1. The lowest BCUT2D eigenvalue weighted by molar-refractivity contribution is -0.215. The Labute approximate surface area is 237 Å². The Morgan fingerprint density at radius 3 is 2.59 bits per heavy atom. The Hall–Kier alpha value is -4.09. The molecule has 1 aliphatic rings. The lowest BCUT2D eigenvalue weighted by atomic mass is 9.73. The summed E-state index contributed by atoms with van der Waals surface area (Å²) in [6, 6.07) is 11.5. The highest BCUT2D eigenvalue weighted by atomic mass is 19.3. The van der Waals surface area contributed by atoms with Gasteiger partial charge in [0.1, 0.15) is 23.6 Å². The number of unbranched alkanes of at least 4 members (excludes halogenated alkanes) is 1. The third-order valence-electron chi connectivity index (χ3n) is 7.26. The first-order valence-electron chi connectivity index (χ1n) is 13.4. The zero-order valence-corrected chi connectivity index (χ0v) is 23.1. The highest BCUT2D eigenvalue weighted by Crippen LogP contribution is 2.48. The Morgan fingerprint density at radius 1 is 1.17 bits per heavy atom. The van der Waals surface area contributed by atoms with E-state index in [1.165, 1.54) is 30.5 Å². The van der Waals surface area contributed by atoms with E-state index < -0.39 is 40.7 Å². The van der Waals surface area contributed by atoms with Gasteiger partial charge in [0.2, 0.25) is 5.91 Å². The van der Waals surface area contributed by atoms with Gasteiger partial charge in [0, 0.05) is 24.2 Å². The zero-order chi connectivity index (χ0) is 29.8. The molecular weight excluding hydrogens is 534 g/mol. The minimum Gasteiger partial charge on any atom is -0.508 e. The minimum atomic E-state index is -4.18. The molecule has 2 aromatic carbocycles. The molecule has 0 bridgehead atoms. The number of aromatic nitrogens is 1. The average Bonchev–Trinajstić information content (AvgIpc) is 2.95. The first-order chi connectivity index (χ1) is 19.5. The van der Waals surface area contributed by atoms with Gasteiger partial charge in [0.15, 0.2) is 5.54 Å². The molecular formula is C30H34F2N4O5. The fourth-order valence-corrected chi connectivity index (χ4v) is 4.88. The largest absolute Gasteiger partial charge is 0.508 e. The average molecular weight is 569 g/mol. The number of rotatable bonds is 9. The van der Waals surface area contributed by atoms with Crippen LogP contribution in [0.15, 0.2) is 66.9 Å². The molecule has 4 rings (SSSR count). The number of benzene rings is 2. The van der Waals surface area contributed by atoms with Crippen molar-refractivity contribution in [3.8, 4) is 11.5 Å². The Morgan fingerprint density at radius 2 is 1.90 bits per heavy atom. The molecule has 0 aliphatic carbocycles. The summed E-state index contributed by atoms with van der Waals surface area (Å²) in [6.45, 7) is 5.23. The van der Waals surface area contributed by atoms with Crippen LogP contribution >= 0.6 is 0 Å². The number of alkyl halides is 2. The number of ether oxygens (including phenoxy) is 1. The molecule has 0 radical (unpaired) electrons. The van der Waals surface area contributed by atoms with Gasteiger partial charge in [0.05, 0.1) is 5.69 Å². The molecule has 0 saturated heterocycles. The van der Waals surface area contributed by atoms with E-state index in [1.54, 1.807) is 19.3 Å². The number of nitrogens with one attached hydrogen (secondary N) is 2. The van der Waals surface area contributed by atoms with Crippen LogP contribution in [0, 0.1) is 5.92 Å². The number of nitrogens with zero attached hydrogens (tertiary/aromatic N) is 1. The van der Waals surface area contributed by atoms with E-state index in [4.69, 9.17) is 15.3 Å². The summed E-state index contributed by atoms with van der Waals surface area (Å²) in [6.07, 6.45) is 2.28. The molecule has 0 fully saturated rings. The normalized spacial score (nSPS) is 21.8. The van der Waals surface area contributed by atoms with E-state index >= 15 is 8.78 Å². The van der Waals surface area contributed by atoms with E-state index in [0.29, 0.717) is 12.8 Å². The standard InChI is InChI=1S/C30H34F2N4O5/c1-4-5-13-25(38)35-29(21-15-22(37)17-23(16-21)40-18-20-10-7-6-8-11-20)26-24(12-9-14-34-26)28(33,19(2)3)27(39)41-36-30(29,31)32/h6-12,14-17,19,36-37H,4-5,13,18,33H2,1-3H3,(H,35,38)/t28-,29?/m0/s1. The highest BCUT2D eigenvalue weighted by molar-refractivity contribution is 5.84. The van der Waals surface area contributed by atoms with E-state index in [1.807, 2.05) is 37.3 Å². The first-order valence-corrected chi connectivity index (χ1v) is 13.4. The van der Waals surface area contributed by atoms with Crippen molar-refractivity contribution >= 4 is 11.9 Å². The van der Waals surface area contributed by atoms with Gasteiger partial charge in [-0.3, -0.25) is 9.78 Å². The molecule has 1 aliphatic heterocycles. The molecule has 3 aromatic rings. The predicted octanol–water partition coefficient (Wildman–Crippen LogP) is 4.38. The maximum Gasteiger partial charge on any atom is 0.364 e. The second-order valence-electron chi connectivity index (χ2n) is 10.4. The van der Waals surface area contributed by atoms with Crippen molar-refractivity contribution < 1.29 is 33.1 Å². The number of pyridine rings is 1. The molecule has 2 atom stereocenters. The molecule has 41 heavy (non-hydrogen) atoms. The van der Waals surface area contributed by atoms with Crippen LogP contribution in [0.25, 0.3) is 0 Å². The summed E-state index contributed by atoms with van der Waals surface area (Å²) < 4.78 is 39.0. The van der Waals surface area contributed by atoms with Crippen LogP contribution in [0.4, 0.5) is 8.78 Å². The number of nitrogens with two attached hydrogens (primary N) is 1. The minimum absolute atomic E-state index is 0.0567. The molecule has 1 amide bonds. The van der Waals surface area contributed by atoms with Gasteiger partial charge >= 0.3 is 12.0 Å². The van der Waals surface area contributed by atoms with Gasteiger partial charge in [-0.05, 0) is 41.7 Å². The number of hydrogen-bond donors (Lipinski definition) is 4. The Balaban J connectivity index is 1.99. The fraction of sp³-hybridized carbons (Fsp3) is 0.367. The van der Waals surface area contributed by atoms with E-state index in [2.05, 4.69) is 10.3 Å². The van der Waals surface area contributed by atoms with Crippen molar-refractivity contribution in [3.63, 3.8) is 0 Å². The monoisotopic (exact) mass is 568 g/mol.